The Morgan fingerprint density at radius 3 is 2.63 bits per heavy atom. The molecule has 0 saturated carbocycles. The van der Waals surface area contributed by atoms with Gasteiger partial charge in [0.05, 0.1) is 6.54 Å². The molecule has 0 atom stereocenters. The minimum atomic E-state index is 0. The Labute approximate surface area is 176 Å². The summed E-state index contributed by atoms with van der Waals surface area (Å²) in [4.78, 5) is 12.9. The number of hydrogen-bond acceptors (Lipinski definition) is 4. The lowest BCUT2D eigenvalue weighted by atomic mass is 10.2. The van der Waals surface area contributed by atoms with Gasteiger partial charge in [-0.1, -0.05) is 30.3 Å². The first-order valence-electron chi connectivity index (χ1n) is 8.57. The molecule has 3 aromatic rings. The Kier molecular flexibility index (Phi) is 8.24. The van der Waals surface area contributed by atoms with Crippen LogP contribution in [0.5, 0.6) is 0 Å². The quantitative estimate of drug-likeness (QED) is 0.305. The molecule has 0 unspecified atom stereocenters. The van der Waals surface area contributed by atoms with E-state index in [0.29, 0.717) is 6.54 Å². The minimum absolute atomic E-state index is 0. The van der Waals surface area contributed by atoms with Gasteiger partial charge in [0, 0.05) is 46.0 Å². The monoisotopic (exact) mass is 480 g/mol. The number of guanidine groups is 1. The number of rotatable bonds is 7. The molecular formula is C18H25IN8. The van der Waals surface area contributed by atoms with Crippen LogP contribution in [0, 0.1) is 0 Å². The van der Waals surface area contributed by atoms with Crippen molar-refractivity contribution in [3.05, 3.63) is 66.3 Å². The highest BCUT2D eigenvalue weighted by atomic mass is 127. The van der Waals surface area contributed by atoms with Crippen molar-refractivity contribution in [2.45, 2.75) is 19.5 Å². The largest absolute Gasteiger partial charge is 0.356 e. The van der Waals surface area contributed by atoms with E-state index >= 15 is 0 Å². The predicted molar refractivity (Wildman–Crippen MR) is 116 cm³/mol. The van der Waals surface area contributed by atoms with Gasteiger partial charge in [-0.15, -0.1) is 24.0 Å². The van der Waals surface area contributed by atoms with Crippen LogP contribution in [0.4, 0.5) is 0 Å². The molecule has 1 aromatic carbocycles. The number of aliphatic imine (C=N–C) groups is 1. The van der Waals surface area contributed by atoms with E-state index in [4.69, 9.17) is 0 Å². The average Bonchev–Trinajstić information content (AvgIpc) is 3.28. The number of nitrogens with one attached hydrogen (secondary N) is 2. The van der Waals surface area contributed by atoms with Crippen molar-refractivity contribution in [2.75, 3.05) is 13.6 Å². The fourth-order valence-electron chi connectivity index (χ4n) is 2.65. The summed E-state index contributed by atoms with van der Waals surface area (Å²) >= 11 is 0. The summed E-state index contributed by atoms with van der Waals surface area (Å²) in [6.45, 7) is 2.14. The fourth-order valence-corrected chi connectivity index (χ4v) is 2.65. The lowest BCUT2D eigenvalue weighted by molar-refractivity contribution is 0.665. The van der Waals surface area contributed by atoms with Crippen LogP contribution in [0.15, 0.2) is 54.0 Å². The highest BCUT2D eigenvalue weighted by Crippen LogP contribution is 2.05. The maximum absolute atomic E-state index is 4.47. The van der Waals surface area contributed by atoms with Crippen molar-refractivity contribution in [3.8, 4) is 0 Å². The second kappa shape index (κ2) is 10.7. The third-order valence-electron chi connectivity index (χ3n) is 4.08. The Hall–Kier alpha value is -2.43. The standard InChI is InChI=1S/C18H24N8.HI/c1-19-18(22-12-17-23-14-24-25(17)2)21-9-8-16-20-10-11-26(16)13-15-6-4-3-5-7-15;/h3-7,10-11,14H,8-9,12-13H2,1-2H3,(H2,19,21,22);1H. The van der Waals surface area contributed by atoms with E-state index in [-0.39, 0.29) is 24.0 Å². The molecule has 0 aliphatic carbocycles. The second-order valence-electron chi connectivity index (χ2n) is 5.86. The second-order valence-corrected chi connectivity index (χ2v) is 5.86. The molecule has 2 heterocycles. The Bertz CT molecular complexity index is 840. The molecule has 9 heteroatoms. The molecule has 0 aliphatic heterocycles. The highest BCUT2D eigenvalue weighted by Gasteiger charge is 2.06. The molecule has 0 spiro atoms. The Morgan fingerprint density at radius 2 is 1.93 bits per heavy atom. The normalized spacial score (nSPS) is 11.1. The van der Waals surface area contributed by atoms with Crippen LogP contribution < -0.4 is 10.6 Å². The predicted octanol–water partition coefficient (Wildman–Crippen LogP) is 1.59. The molecule has 0 aliphatic rings. The van der Waals surface area contributed by atoms with Gasteiger partial charge in [0.1, 0.15) is 18.0 Å². The van der Waals surface area contributed by atoms with Crippen LogP contribution in [0.2, 0.25) is 0 Å². The molecule has 27 heavy (non-hydrogen) atoms. The summed E-state index contributed by atoms with van der Waals surface area (Å²) in [5.74, 6) is 2.63. The van der Waals surface area contributed by atoms with Crippen molar-refractivity contribution in [1.82, 2.24) is 34.9 Å². The third kappa shape index (κ3) is 6.05. The topological polar surface area (TPSA) is 84.9 Å². The van der Waals surface area contributed by atoms with E-state index in [2.05, 4.69) is 59.5 Å². The summed E-state index contributed by atoms with van der Waals surface area (Å²) in [6, 6.07) is 10.4. The van der Waals surface area contributed by atoms with Crippen molar-refractivity contribution in [2.24, 2.45) is 12.0 Å². The Balaban J connectivity index is 0.00000261. The number of halogens is 1. The van der Waals surface area contributed by atoms with Crippen molar-refractivity contribution in [1.29, 1.82) is 0 Å². The molecule has 0 amide bonds. The molecule has 2 aromatic heterocycles. The van der Waals surface area contributed by atoms with E-state index in [1.807, 2.05) is 25.5 Å². The number of aryl methyl sites for hydroxylation is 1. The molecule has 3 rings (SSSR count). The molecule has 0 radical (unpaired) electrons. The van der Waals surface area contributed by atoms with Crippen molar-refractivity contribution < 1.29 is 0 Å². The van der Waals surface area contributed by atoms with Crippen molar-refractivity contribution >= 4 is 29.9 Å². The van der Waals surface area contributed by atoms with Crippen LogP contribution in [0.3, 0.4) is 0 Å². The average molecular weight is 480 g/mol. The van der Waals surface area contributed by atoms with Gasteiger partial charge in [-0.25, -0.2) is 9.97 Å². The van der Waals surface area contributed by atoms with Crippen LogP contribution >= 0.6 is 24.0 Å². The summed E-state index contributed by atoms with van der Waals surface area (Å²) in [5, 5.41) is 10.6. The number of aromatic nitrogens is 5. The number of imidazole rings is 1. The van der Waals surface area contributed by atoms with E-state index in [1.165, 1.54) is 5.56 Å². The van der Waals surface area contributed by atoms with Gasteiger partial charge < -0.3 is 15.2 Å². The number of benzene rings is 1. The van der Waals surface area contributed by atoms with Gasteiger partial charge in [-0.05, 0) is 5.56 Å². The molecule has 0 bridgehead atoms. The molecule has 2 N–H and O–H groups in total. The van der Waals surface area contributed by atoms with Gasteiger partial charge in [0.2, 0.25) is 0 Å². The minimum Gasteiger partial charge on any atom is -0.356 e. The highest BCUT2D eigenvalue weighted by molar-refractivity contribution is 14.0. The lowest BCUT2D eigenvalue weighted by Crippen LogP contribution is -2.38. The van der Waals surface area contributed by atoms with E-state index < -0.39 is 0 Å². The maximum Gasteiger partial charge on any atom is 0.191 e. The summed E-state index contributed by atoms with van der Waals surface area (Å²) in [7, 11) is 3.62. The molecule has 0 saturated heterocycles. The third-order valence-corrected chi connectivity index (χ3v) is 4.08. The molecule has 0 fully saturated rings. The first-order chi connectivity index (χ1) is 12.8. The fraction of sp³-hybridized carbons (Fsp3) is 0.333. The number of hydrogen-bond donors (Lipinski definition) is 2. The van der Waals surface area contributed by atoms with Crippen molar-refractivity contribution in [3.63, 3.8) is 0 Å². The van der Waals surface area contributed by atoms with Gasteiger partial charge in [0.25, 0.3) is 0 Å². The van der Waals surface area contributed by atoms with Gasteiger partial charge >= 0.3 is 0 Å². The summed E-state index contributed by atoms with van der Waals surface area (Å²) in [5.41, 5.74) is 1.26. The van der Waals surface area contributed by atoms with E-state index in [9.17, 15) is 0 Å². The zero-order valence-corrected chi connectivity index (χ0v) is 17.9. The Morgan fingerprint density at radius 1 is 1.11 bits per heavy atom. The van der Waals surface area contributed by atoms with Crippen LogP contribution in [0.25, 0.3) is 0 Å². The van der Waals surface area contributed by atoms with Crippen LogP contribution in [-0.2, 0) is 26.6 Å². The van der Waals surface area contributed by atoms with E-state index in [0.717, 1.165) is 37.1 Å². The van der Waals surface area contributed by atoms with E-state index in [1.54, 1.807) is 18.1 Å². The molecule has 144 valence electrons. The molecule has 8 nitrogen and oxygen atoms in total. The maximum atomic E-state index is 4.47. The first-order valence-corrected chi connectivity index (χ1v) is 8.57. The van der Waals surface area contributed by atoms with Gasteiger partial charge in [0.15, 0.2) is 5.96 Å². The first kappa shape index (κ1) is 20.9. The van der Waals surface area contributed by atoms with Gasteiger partial charge in [-0.3, -0.25) is 9.67 Å². The summed E-state index contributed by atoms with van der Waals surface area (Å²) in [6.07, 6.45) is 6.22. The van der Waals surface area contributed by atoms with Crippen LogP contribution in [0.1, 0.15) is 17.2 Å². The zero-order chi connectivity index (χ0) is 18.2. The lowest BCUT2D eigenvalue weighted by Gasteiger charge is -2.12. The SMILES string of the molecule is CN=C(NCCc1nccn1Cc1ccccc1)NCc1ncnn1C.I. The smallest absolute Gasteiger partial charge is 0.191 e. The molecular weight excluding hydrogens is 455 g/mol. The number of nitrogens with zero attached hydrogens (tertiary/aromatic N) is 6. The van der Waals surface area contributed by atoms with Gasteiger partial charge in [-0.2, -0.15) is 5.10 Å². The zero-order valence-electron chi connectivity index (χ0n) is 15.5. The summed E-state index contributed by atoms with van der Waals surface area (Å²) < 4.78 is 3.91. The van der Waals surface area contributed by atoms with Crippen LogP contribution in [-0.4, -0.2) is 43.9 Å².